The van der Waals surface area contributed by atoms with E-state index in [4.69, 9.17) is 28.9 Å². The maximum Gasteiger partial charge on any atom is 0.350 e. The molecule has 0 aliphatic carbocycles. The van der Waals surface area contributed by atoms with Crippen molar-refractivity contribution in [3.05, 3.63) is 33.8 Å². The fourth-order valence-corrected chi connectivity index (χ4v) is 6.68. The number of ether oxygens (including phenoxy) is 4. The molecule has 1 fully saturated rings. The summed E-state index contributed by atoms with van der Waals surface area (Å²) in [7, 11) is 4.77. The number of benzene rings is 1. The van der Waals surface area contributed by atoms with Crippen LogP contribution in [0.1, 0.15) is 46.8 Å². The molecule has 2 N–H and O–H groups in total. The lowest BCUT2D eigenvalue weighted by atomic mass is 10.0. The number of hydrogen-bond donors (Lipinski definition) is 2. The third kappa shape index (κ3) is 6.89. The van der Waals surface area contributed by atoms with Gasteiger partial charge in [-0.3, -0.25) is 15.0 Å². The highest BCUT2D eigenvalue weighted by Gasteiger charge is 2.31. The number of rotatable bonds is 12. The number of carboxylic acids is 1. The molecule has 14 nitrogen and oxygen atoms in total. The molecule has 4 heterocycles. The molecule has 46 heavy (non-hydrogen) atoms. The SMILES string of the molecule is CCOC(=O)c1sc(Nc2nc(N3CCN(C(C)C(=O)O)CC3)c3c(n2)N(Cc2cc(OC)c(OC)c(OC)c2)CCC3)nc1C. The summed E-state index contributed by atoms with van der Waals surface area (Å²) in [5, 5.41) is 13.3. The minimum Gasteiger partial charge on any atom is -0.493 e. The van der Waals surface area contributed by atoms with E-state index in [-0.39, 0.29) is 6.61 Å². The molecule has 1 saturated heterocycles. The van der Waals surface area contributed by atoms with Gasteiger partial charge in [0.25, 0.3) is 0 Å². The second-order valence-electron chi connectivity index (χ2n) is 11.0. The van der Waals surface area contributed by atoms with E-state index in [2.05, 4.69) is 20.1 Å². The summed E-state index contributed by atoms with van der Waals surface area (Å²) < 4.78 is 21.9. The summed E-state index contributed by atoms with van der Waals surface area (Å²) in [4.78, 5) is 45.4. The second kappa shape index (κ2) is 14.4. The Morgan fingerprint density at radius 1 is 1.00 bits per heavy atom. The molecular formula is C31H41N7O7S. The number of piperazine rings is 1. The van der Waals surface area contributed by atoms with E-state index in [0.717, 1.165) is 42.1 Å². The minimum atomic E-state index is -0.831. The highest BCUT2D eigenvalue weighted by Crippen LogP contribution is 2.40. The second-order valence-corrected chi connectivity index (χ2v) is 12.0. The highest BCUT2D eigenvalue weighted by molar-refractivity contribution is 7.17. The van der Waals surface area contributed by atoms with Gasteiger partial charge in [-0.25, -0.2) is 9.78 Å². The van der Waals surface area contributed by atoms with Gasteiger partial charge in [-0.05, 0) is 51.3 Å². The monoisotopic (exact) mass is 655 g/mol. The van der Waals surface area contributed by atoms with E-state index in [9.17, 15) is 14.7 Å². The van der Waals surface area contributed by atoms with Gasteiger partial charge in [-0.2, -0.15) is 9.97 Å². The van der Waals surface area contributed by atoms with Crippen LogP contribution in [0.5, 0.6) is 17.2 Å². The topological polar surface area (TPSA) is 152 Å². The number of methoxy groups -OCH3 is 3. The van der Waals surface area contributed by atoms with E-state index in [1.54, 1.807) is 42.1 Å². The zero-order chi connectivity index (χ0) is 33.0. The molecule has 0 radical (unpaired) electrons. The van der Waals surface area contributed by atoms with Crippen LogP contribution in [0.2, 0.25) is 0 Å². The van der Waals surface area contributed by atoms with Crippen LogP contribution in [0, 0.1) is 6.92 Å². The average Bonchev–Trinajstić information content (AvgIpc) is 3.43. The van der Waals surface area contributed by atoms with Gasteiger partial charge < -0.3 is 33.9 Å². The first kappa shape index (κ1) is 33.0. The quantitative estimate of drug-likeness (QED) is 0.273. The molecule has 0 bridgehead atoms. The van der Waals surface area contributed by atoms with Crippen molar-refractivity contribution in [2.24, 2.45) is 0 Å². The van der Waals surface area contributed by atoms with E-state index in [0.29, 0.717) is 71.6 Å². The van der Waals surface area contributed by atoms with Crippen molar-refractivity contribution in [1.82, 2.24) is 19.9 Å². The lowest BCUT2D eigenvalue weighted by Gasteiger charge is -2.39. The number of carbonyl (C=O) groups excluding carboxylic acids is 1. The average molecular weight is 656 g/mol. The molecule has 5 rings (SSSR count). The smallest absolute Gasteiger partial charge is 0.350 e. The van der Waals surface area contributed by atoms with Gasteiger partial charge in [0, 0.05) is 44.8 Å². The molecule has 0 amide bonds. The number of thiazole rings is 1. The largest absolute Gasteiger partial charge is 0.493 e. The van der Waals surface area contributed by atoms with Crippen LogP contribution < -0.4 is 29.3 Å². The van der Waals surface area contributed by atoms with Crippen molar-refractivity contribution in [2.75, 3.05) is 75.8 Å². The van der Waals surface area contributed by atoms with Crippen LogP contribution in [0.25, 0.3) is 0 Å². The first-order chi connectivity index (χ1) is 22.2. The number of carbonyl (C=O) groups is 2. The van der Waals surface area contributed by atoms with Gasteiger partial charge in [0.2, 0.25) is 11.7 Å². The van der Waals surface area contributed by atoms with E-state index in [1.807, 2.05) is 17.0 Å². The Bertz CT molecular complexity index is 1550. The summed E-state index contributed by atoms with van der Waals surface area (Å²) in [6, 6.07) is 3.32. The fraction of sp³-hybridized carbons (Fsp3) is 0.516. The maximum atomic E-state index is 12.5. The number of anilines is 4. The molecule has 15 heteroatoms. The van der Waals surface area contributed by atoms with Gasteiger partial charge in [-0.15, -0.1) is 0 Å². The van der Waals surface area contributed by atoms with Gasteiger partial charge in [0.15, 0.2) is 16.6 Å². The first-order valence-electron chi connectivity index (χ1n) is 15.2. The molecule has 1 atom stereocenters. The van der Waals surface area contributed by atoms with Crippen LogP contribution in [-0.2, 0) is 22.5 Å². The molecule has 0 spiro atoms. The number of aliphatic carboxylic acids is 1. The van der Waals surface area contributed by atoms with Crippen molar-refractivity contribution in [3.63, 3.8) is 0 Å². The number of carboxylic acid groups (broad SMARTS) is 1. The van der Waals surface area contributed by atoms with Crippen LogP contribution in [0.3, 0.4) is 0 Å². The van der Waals surface area contributed by atoms with Crippen LogP contribution in [0.15, 0.2) is 12.1 Å². The molecule has 0 saturated carbocycles. The lowest BCUT2D eigenvalue weighted by molar-refractivity contribution is -0.142. The van der Waals surface area contributed by atoms with Crippen LogP contribution in [-0.4, -0.2) is 104 Å². The standard InChI is InChI=1S/C31H41N7O7S/c1-7-45-29(41)25-18(2)32-31(46-25)35-30-33-26(37-13-11-36(12-14-37)19(3)28(39)40)21-9-8-10-38(27(21)34-30)17-20-15-22(42-4)24(44-6)23(16-20)43-5/h15-16,19H,7-14,17H2,1-6H3,(H,39,40)(H,32,33,34,35). The van der Waals surface area contributed by atoms with Crippen molar-refractivity contribution >= 4 is 46.0 Å². The van der Waals surface area contributed by atoms with E-state index < -0.39 is 18.0 Å². The zero-order valence-electron chi connectivity index (χ0n) is 27.1. The summed E-state index contributed by atoms with van der Waals surface area (Å²) >= 11 is 1.20. The van der Waals surface area contributed by atoms with Gasteiger partial charge in [0.1, 0.15) is 22.6 Å². The van der Waals surface area contributed by atoms with Gasteiger partial charge in [0.05, 0.1) is 33.6 Å². The van der Waals surface area contributed by atoms with Crippen molar-refractivity contribution in [1.29, 1.82) is 0 Å². The van der Waals surface area contributed by atoms with E-state index in [1.165, 1.54) is 11.3 Å². The highest BCUT2D eigenvalue weighted by atomic mass is 32.1. The number of nitrogens with one attached hydrogen (secondary N) is 1. The Kier molecular flexibility index (Phi) is 10.3. The maximum absolute atomic E-state index is 12.5. The number of aryl methyl sites for hydroxylation is 1. The lowest BCUT2D eigenvalue weighted by Crippen LogP contribution is -2.52. The molecule has 3 aromatic rings. The molecular weight excluding hydrogens is 614 g/mol. The summed E-state index contributed by atoms with van der Waals surface area (Å²) in [6.07, 6.45) is 1.71. The summed E-state index contributed by atoms with van der Waals surface area (Å²) in [6.45, 7) is 9.26. The summed E-state index contributed by atoms with van der Waals surface area (Å²) in [5.74, 6) is 2.40. The zero-order valence-corrected chi connectivity index (χ0v) is 27.9. The number of nitrogens with zero attached hydrogens (tertiary/aromatic N) is 6. The minimum absolute atomic E-state index is 0.274. The third-order valence-electron chi connectivity index (χ3n) is 8.21. The molecule has 2 aliphatic heterocycles. The summed E-state index contributed by atoms with van der Waals surface area (Å²) in [5.41, 5.74) is 2.56. The van der Waals surface area contributed by atoms with Gasteiger partial charge >= 0.3 is 11.9 Å². The number of aromatic nitrogens is 3. The Labute approximate surface area is 272 Å². The molecule has 2 aromatic heterocycles. The third-order valence-corrected chi connectivity index (χ3v) is 9.26. The predicted molar refractivity (Wildman–Crippen MR) is 174 cm³/mol. The van der Waals surface area contributed by atoms with Gasteiger partial charge in [-0.1, -0.05) is 11.3 Å². The number of esters is 1. The van der Waals surface area contributed by atoms with Crippen molar-refractivity contribution in [3.8, 4) is 17.2 Å². The molecule has 2 aliphatic rings. The Balaban J connectivity index is 1.51. The normalized spacial score (nSPS) is 15.6. The molecule has 1 unspecified atom stereocenters. The van der Waals surface area contributed by atoms with Crippen LogP contribution in [0.4, 0.5) is 22.7 Å². The Hall–Kier alpha value is -4.37. The van der Waals surface area contributed by atoms with Crippen molar-refractivity contribution in [2.45, 2.75) is 46.2 Å². The fourth-order valence-electron chi connectivity index (χ4n) is 5.83. The molecule has 248 valence electrons. The van der Waals surface area contributed by atoms with Crippen molar-refractivity contribution < 1.29 is 33.6 Å². The first-order valence-corrected chi connectivity index (χ1v) is 16.1. The Morgan fingerprint density at radius 2 is 1.67 bits per heavy atom. The number of hydrogen-bond acceptors (Lipinski definition) is 14. The Morgan fingerprint density at radius 3 is 2.28 bits per heavy atom. The number of fused-ring (bicyclic) bond motifs is 1. The van der Waals surface area contributed by atoms with E-state index >= 15 is 0 Å². The molecule has 1 aromatic carbocycles. The van der Waals surface area contributed by atoms with Crippen LogP contribution >= 0.6 is 11.3 Å². The predicted octanol–water partition coefficient (Wildman–Crippen LogP) is 3.74.